The van der Waals surface area contributed by atoms with E-state index in [0.717, 1.165) is 22.7 Å². The van der Waals surface area contributed by atoms with Crippen molar-refractivity contribution in [3.63, 3.8) is 0 Å². The van der Waals surface area contributed by atoms with Crippen LogP contribution in [0.25, 0.3) is 5.70 Å². The molecule has 0 unspecified atom stereocenters. The SMILES string of the molecule is C=CCOc1ccc(C2=CC=CC(=C)N2C)cc1. The van der Waals surface area contributed by atoms with Crippen molar-refractivity contribution in [1.29, 1.82) is 0 Å². The van der Waals surface area contributed by atoms with Crippen LogP contribution in [0.1, 0.15) is 5.56 Å². The zero-order valence-electron chi connectivity index (χ0n) is 10.6. The van der Waals surface area contributed by atoms with Gasteiger partial charge in [-0.3, -0.25) is 0 Å². The van der Waals surface area contributed by atoms with Crippen molar-refractivity contribution in [1.82, 2.24) is 4.90 Å². The smallest absolute Gasteiger partial charge is 0.119 e. The molecule has 92 valence electrons. The molecular weight excluding hydrogens is 222 g/mol. The lowest BCUT2D eigenvalue weighted by Gasteiger charge is -2.25. The molecule has 1 aliphatic rings. The van der Waals surface area contributed by atoms with Crippen molar-refractivity contribution in [3.8, 4) is 5.75 Å². The van der Waals surface area contributed by atoms with E-state index in [0.29, 0.717) is 6.61 Å². The molecule has 18 heavy (non-hydrogen) atoms. The summed E-state index contributed by atoms with van der Waals surface area (Å²) in [5.74, 6) is 0.854. The molecule has 2 nitrogen and oxygen atoms in total. The molecule has 0 radical (unpaired) electrons. The lowest BCUT2D eigenvalue weighted by atomic mass is 10.1. The molecule has 0 spiro atoms. The zero-order chi connectivity index (χ0) is 13.0. The van der Waals surface area contributed by atoms with Crippen LogP contribution in [0.2, 0.25) is 0 Å². The number of benzene rings is 1. The van der Waals surface area contributed by atoms with Crippen molar-refractivity contribution < 1.29 is 4.74 Å². The van der Waals surface area contributed by atoms with Gasteiger partial charge >= 0.3 is 0 Å². The van der Waals surface area contributed by atoms with Gasteiger partial charge in [0.05, 0.1) is 0 Å². The van der Waals surface area contributed by atoms with Crippen LogP contribution >= 0.6 is 0 Å². The van der Waals surface area contributed by atoms with Crippen molar-refractivity contribution in [2.45, 2.75) is 0 Å². The molecule has 0 saturated heterocycles. The molecule has 1 heterocycles. The second-order valence-electron chi connectivity index (χ2n) is 4.09. The summed E-state index contributed by atoms with van der Waals surface area (Å²) >= 11 is 0. The van der Waals surface area contributed by atoms with Gasteiger partial charge in [-0.05, 0) is 42.0 Å². The third kappa shape index (κ3) is 2.54. The van der Waals surface area contributed by atoms with E-state index in [4.69, 9.17) is 4.74 Å². The summed E-state index contributed by atoms with van der Waals surface area (Å²) in [6.45, 7) is 8.15. The van der Waals surface area contributed by atoms with Gasteiger partial charge in [-0.1, -0.05) is 25.3 Å². The number of nitrogens with zero attached hydrogens (tertiary/aromatic N) is 1. The predicted molar refractivity (Wildman–Crippen MR) is 76.2 cm³/mol. The maximum atomic E-state index is 5.46. The second kappa shape index (κ2) is 5.41. The fraction of sp³-hybridized carbons (Fsp3) is 0.125. The first-order valence-electron chi connectivity index (χ1n) is 5.87. The number of hydrogen-bond donors (Lipinski definition) is 0. The van der Waals surface area contributed by atoms with Gasteiger partial charge in [0.25, 0.3) is 0 Å². The standard InChI is InChI=1S/C16H17NO/c1-4-12-18-15-10-8-14(9-11-15)16-7-5-6-13(2)17(16)3/h4-11H,1-2,12H2,3H3. The lowest BCUT2D eigenvalue weighted by molar-refractivity contribution is 0.363. The van der Waals surface area contributed by atoms with Gasteiger partial charge in [0, 0.05) is 18.4 Å². The molecule has 0 amide bonds. The molecule has 0 fully saturated rings. The minimum Gasteiger partial charge on any atom is -0.490 e. The first kappa shape index (κ1) is 12.2. The van der Waals surface area contributed by atoms with Gasteiger partial charge in [0.2, 0.25) is 0 Å². The van der Waals surface area contributed by atoms with Gasteiger partial charge in [-0.15, -0.1) is 0 Å². The molecule has 0 N–H and O–H groups in total. The van der Waals surface area contributed by atoms with E-state index in [-0.39, 0.29) is 0 Å². The van der Waals surface area contributed by atoms with E-state index in [1.807, 2.05) is 43.5 Å². The number of allylic oxidation sites excluding steroid dienone is 3. The highest BCUT2D eigenvalue weighted by Crippen LogP contribution is 2.26. The van der Waals surface area contributed by atoms with Crippen molar-refractivity contribution in [2.24, 2.45) is 0 Å². The van der Waals surface area contributed by atoms with Crippen LogP contribution in [-0.2, 0) is 0 Å². The van der Waals surface area contributed by atoms with Gasteiger partial charge in [-0.2, -0.15) is 0 Å². The Morgan fingerprint density at radius 1 is 1.28 bits per heavy atom. The summed E-state index contributed by atoms with van der Waals surface area (Å²) in [5.41, 5.74) is 3.27. The van der Waals surface area contributed by atoms with Crippen molar-refractivity contribution in [3.05, 3.63) is 73.0 Å². The Hall–Kier alpha value is -2.22. The Balaban J connectivity index is 2.19. The van der Waals surface area contributed by atoms with Gasteiger partial charge in [0.1, 0.15) is 12.4 Å². The maximum absolute atomic E-state index is 5.46. The topological polar surface area (TPSA) is 12.5 Å². The summed E-state index contributed by atoms with van der Waals surface area (Å²) in [7, 11) is 2.01. The lowest BCUT2D eigenvalue weighted by Crippen LogP contribution is -2.16. The molecule has 1 aliphatic heterocycles. The Labute approximate surface area is 108 Å². The monoisotopic (exact) mass is 239 g/mol. The second-order valence-corrected chi connectivity index (χ2v) is 4.09. The summed E-state index contributed by atoms with van der Waals surface area (Å²) < 4.78 is 5.46. The van der Waals surface area contributed by atoms with Crippen LogP contribution in [0.3, 0.4) is 0 Å². The average molecular weight is 239 g/mol. The Kier molecular flexibility index (Phi) is 3.68. The van der Waals surface area contributed by atoms with E-state index in [1.54, 1.807) is 6.08 Å². The van der Waals surface area contributed by atoms with Gasteiger partial charge < -0.3 is 9.64 Å². The highest BCUT2D eigenvalue weighted by atomic mass is 16.5. The van der Waals surface area contributed by atoms with E-state index in [2.05, 4.69) is 24.1 Å². The molecule has 1 aromatic rings. The van der Waals surface area contributed by atoms with Gasteiger partial charge in [0.15, 0.2) is 0 Å². The van der Waals surface area contributed by atoms with Crippen LogP contribution in [0.4, 0.5) is 0 Å². The van der Waals surface area contributed by atoms with Gasteiger partial charge in [-0.25, -0.2) is 0 Å². The summed E-state index contributed by atoms with van der Waals surface area (Å²) in [6.07, 6.45) is 7.82. The maximum Gasteiger partial charge on any atom is 0.119 e. The number of rotatable bonds is 4. The van der Waals surface area contributed by atoms with Crippen LogP contribution in [0.15, 0.2) is 67.4 Å². The molecule has 0 aromatic heterocycles. The molecule has 0 bridgehead atoms. The molecule has 0 atom stereocenters. The first-order valence-corrected chi connectivity index (χ1v) is 5.87. The summed E-state index contributed by atoms with van der Waals surface area (Å²) in [6, 6.07) is 8.03. The minimum absolute atomic E-state index is 0.529. The molecule has 2 rings (SSSR count). The highest BCUT2D eigenvalue weighted by molar-refractivity contribution is 5.69. The molecule has 1 aromatic carbocycles. The molecule has 2 heteroatoms. The van der Waals surface area contributed by atoms with E-state index in [1.165, 1.54) is 0 Å². The summed E-state index contributed by atoms with van der Waals surface area (Å²) in [4.78, 5) is 2.07. The average Bonchev–Trinajstić information content (AvgIpc) is 2.40. The normalized spacial score (nSPS) is 14.4. The van der Waals surface area contributed by atoms with Crippen LogP contribution in [-0.4, -0.2) is 18.6 Å². The fourth-order valence-corrected chi connectivity index (χ4v) is 1.80. The molecule has 0 saturated carbocycles. The Bertz CT molecular complexity index is 508. The zero-order valence-corrected chi connectivity index (χ0v) is 10.6. The quantitative estimate of drug-likeness (QED) is 0.744. The van der Waals surface area contributed by atoms with E-state index in [9.17, 15) is 0 Å². The fourth-order valence-electron chi connectivity index (χ4n) is 1.80. The van der Waals surface area contributed by atoms with E-state index >= 15 is 0 Å². The number of ether oxygens (including phenoxy) is 1. The Morgan fingerprint density at radius 2 is 2.00 bits per heavy atom. The number of likely N-dealkylation sites (N-methyl/N-ethyl adjacent to an activating group) is 1. The highest BCUT2D eigenvalue weighted by Gasteiger charge is 2.11. The number of hydrogen-bond acceptors (Lipinski definition) is 2. The Morgan fingerprint density at radius 3 is 2.67 bits per heavy atom. The predicted octanol–water partition coefficient (Wildman–Crippen LogP) is 3.61. The van der Waals surface area contributed by atoms with Crippen molar-refractivity contribution >= 4 is 5.70 Å². The van der Waals surface area contributed by atoms with Crippen LogP contribution in [0.5, 0.6) is 5.75 Å². The largest absolute Gasteiger partial charge is 0.490 e. The summed E-state index contributed by atoms with van der Waals surface area (Å²) in [5, 5.41) is 0. The molecule has 0 aliphatic carbocycles. The molecular formula is C16H17NO. The first-order chi connectivity index (χ1) is 8.72. The minimum atomic E-state index is 0.529. The third-order valence-corrected chi connectivity index (χ3v) is 2.85. The van der Waals surface area contributed by atoms with Crippen LogP contribution < -0.4 is 4.74 Å². The van der Waals surface area contributed by atoms with Crippen LogP contribution in [0, 0.1) is 0 Å². The van der Waals surface area contributed by atoms with Crippen molar-refractivity contribution in [2.75, 3.05) is 13.7 Å². The van der Waals surface area contributed by atoms with E-state index < -0.39 is 0 Å². The third-order valence-electron chi connectivity index (χ3n) is 2.85.